The number of hydrogen-bond acceptors (Lipinski definition) is 1. The summed E-state index contributed by atoms with van der Waals surface area (Å²) >= 11 is 0. The average Bonchev–Trinajstić information content (AvgIpc) is 3.13. The van der Waals surface area contributed by atoms with Gasteiger partial charge in [0.1, 0.15) is 11.4 Å². The number of aryl methyl sites for hydroxylation is 1. The van der Waals surface area contributed by atoms with E-state index in [2.05, 4.69) is 45.9 Å². The molecule has 0 spiro atoms. The molecule has 0 aliphatic heterocycles. The maximum absolute atomic E-state index is 5.92. The Morgan fingerprint density at radius 2 is 1.78 bits per heavy atom. The van der Waals surface area contributed by atoms with Crippen LogP contribution in [0.15, 0.2) is 18.2 Å². The number of rotatable bonds is 3. The molecule has 1 aliphatic rings. The molecule has 1 aromatic rings. The van der Waals surface area contributed by atoms with Crippen molar-refractivity contribution in [1.82, 2.24) is 0 Å². The number of benzene rings is 1. The molecule has 0 bridgehead atoms. The minimum Gasteiger partial charge on any atom is -0.488 e. The van der Waals surface area contributed by atoms with Crippen LogP contribution in [0.2, 0.25) is 0 Å². The summed E-state index contributed by atoms with van der Waals surface area (Å²) in [6.45, 7) is 12.5. The summed E-state index contributed by atoms with van der Waals surface area (Å²) in [6.07, 6.45) is 3.83. The second-order valence-electron chi connectivity index (χ2n) is 5.70. The van der Waals surface area contributed by atoms with E-state index in [-0.39, 0.29) is 5.60 Å². The lowest BCUT2D eigenvalue weighted by Gasteiger charge is -2.22. The first-order valence-corrected chi connectivity index (χ1v) is 7.31. The summed E-state index contributed by atoms with van der Waals surface area (Å²) in [7, 11) is 0. The molecule has 1 heteroatoms. The van der Waals surface area contributed by atoms with Gasteiger partial charge in [0.05, 0.1) is 0 Å². The van der Waals surface area contributed by atoms with Crippen molar-refractivity contribution in [2.24, 2.45) is 0 Å². The smallest absolute Gasteiger partial charge is 0.120 e. The summed E-state index contributed by atoms with van der Waals surface area (Å²) in [6, 6.07) is 6.59. The van der Waals surface area contributed by atoms with Gasteiger partial charge in [-0.15, -0.1) is 0 Å². The van der Waals surface area contributed by atoms with Crippen LogP contribution in [0.4, 0.5) is 0 Å². The molecule has 0 unspecified atom stereocenters. The van der Waals surface area contributed by atoms with E-state index in [9.17, 15) is 0 Å². The molecular weight excluding hydrogens is 220 g/mol. The molecule has 1 nitrogen and oxygen atoms in total. The van der Waals surface area contributed by atoms with Gasteiger partial charge in [-0.3, -0.25) is 0 Å². The van der Waals surface area contributed by atoms with Crippen molar-refractivity contribution >= 4 is 0 Å². The monoisotopic (exact) mass is 248 g/mol. The maximum atomic E-state index is 5.92. The Kier molecular flexibility index (Phi) is 5.25. The van der Waals surface area contributed by atoms with Gasteiger partial charge < -0.3 is 4.74 Å². The van der Waals surface area contributed by atoms with Crippen LogP contribution in [0.25, 0.3) is 0 Å². The molecular formula is C17H28O. The molecule has 0 saturated heterocycles. The average molecular weight is 248 g/mol. The van der Waals surface area contributed by atoms with Crippen LogP contribution >= 0.6 is 0 Å². The minimum atomic E-state index is -0.103. The first-order valence-electron chi connectivity index (χ1n) is 7.31. The van der Waals surface area contributed by atoms with Crippen LogP contribution in [0.1, 0.15) is 71.4 Å². The third-order valence-corrected chi connectivity index (χ3v) is 2.94. The molecule has 0 heterocycles. The summed E-state index contributed by atoms with van der Waals surface area (Å²) in [5.41, 5.74) is 2.90. The van der Waals surface area contributed by atoms with E-state index in [1.165, 1.54) is 24.0 Å². The summed E-state index contributed by atoms with van der Waals surface area (Å²) in [5, 5.41) is 0. The van der Waals surface area contributed by atoms with Crippen LogP contribution < -0.4 is 4.74 Å². The van der Waals surface area contributed by atoms with Crippen LogP contribution in [0.3, 0.4) is 0 Å². The number of ether oxygens (including phenoxy) is 1. The highest BCUT2D eigenvalue weighted by Gasteiger charge is 2.26. The van der Waals surface area contributed by atoms with Crippen molar-refractivity contribution in [2.45, 2.75) is 72.3 Å². The largest absolute Gasteiger partial charge is 0.488 e. The fourth-order valence-electron chi connectivity index (χ4n) is 2.09. The SMILES string of the molecule is CC.CCc1ccc(OC(C)(C)C)cc1C1CC1. The van der Waals surface area contributed by atoms with E-state index in [0.717, 1.165) is 18.1 Å². The fraction of sp³-hybridized carbons (Fsp3) is 0.647. The second kappa shape index (κ2) is 6.26. The van der Waals surface area contributed by atoms with Gasteiger partial charge in [0.25, 0.3) is 0 Å². The van der Waals surface area contributed by atoms with Gasteiger partial charge in [-0.05, 0) is 69.2 Å². The van der Waals surface area contributed by atoms with E-state index in [0.29, 0.717) is 0 Å². The number of hydrogen-bond donors (Lipinski definition) is 0. The molecule has 0 N–H and O–H groups in total. The lowest BCUT2D eigenvalue weighted by Crippen LogP contribution is -2.23. The van der Waals surface area contributed by atoms with Crippen molar-refractivity contribution in [3.63, 3.8) is 0 Å². The van der Waals surface area contributed by atoms with Gasteiger partial charge in [0.2, 0.25) is 0 Å². The van der Waals surface area contributed by atoms with Crippen LogP contribution in [-0.2, 0) is 6.42 Å². The van der Waals surface area contributed by atoms with E-state index in [1.807, 2.05) is 13.8 Å². The summed E-state index contributed by atoms with van der Waals surface area (Å²) in [4.78, 5) is 0. The molecule has 0 radical (unpaired) electrons. The quantitative estimate of drug-likeness (QED) is 0.702. The van der Waals surface area contributed by atoms with Crippen molar-refractivity contribution in [1.29, 1.82) is 0 Å². The molecule has 0 aromatic heterocycles. The molecule has 0 atom stereocenters. The Balaban J connectivity index is 0.000000771. The highest BCUT2D eigenvalue weighted by molar-refractivity contribution is 5.40. The fourth-order valence-corrected chi connectivity index (χ4v) is 2.09. The third kappa shape index (κ3) is 4.36. The van der Waals surface area contributed by atoms with Crippen LogP contribution in [-0.4, -0.2) is 5.60 Å². The minimum absolute atomic E-state index is 0.103. The topological polar surface area (TPSA) is 9.23 Å². The summed E-state index contributed by atoms with van der Waals surface area (Å²) in [5.74, 6) is 1.82. The highest BCUT2D eigenvalue weighted by atomic mass is 16.5. The summed E-state index contributed by atoms with van der Waals surface area (Å²) < 4.78 is 5.92. The second-order valence-corrected chi connectivity index (χ2v) is 5.70. The Hall–Kier alpha value is -0.980. The highest BCUT2D eigenvalue weighted by Crippen LogP contribution is 2.43. The zero-order valence-electron chi connectivity index (χ0n) is 12.8. The maximum Gasteiger partial charge on any atom is 0.120 e. The Bertz CT molecular complexity index is 370. The molecule has 102 valence electrons. The van der Waals surface area contributed by atoms with Crippen molar-refractivity contribution in [3.05, 3.63) is 29.3 Å². The van der Waals surface area contributed by atoms with E-state index >= 15 is 0 Å². The molecule has 1 saturated carbocycles. The Morgan fingerprint density at radius 1 is 1.17 bits per heavy atom. The molecule has 1 aliphatic carbocycles. The lowest BCUT2D eigenvalue weighted by atomic mass is 10.0. The van der Waals surface area contributed by atoms with Gasteiger partial charge in [0.15, 0.2) is 0 Å². The predicted octanol–water partition coefficient (Wildman–Crippen LogP) is 5.33. The molecule has 0 amide bonds. The van der Waals surface area contributed by atoms with Gasteiger partial charge in [-0.2, -0.15) is 0 Å². The molecule has 1 fully saturated rings. The Morgan fingerprint density at radius 3 is 2.22 bits per heavy atom. The zero-order valence-corrected chi connectivity index (χ0v) is 12.8. The lowest BCUT2D eigenvalue weighted by molar-refractivity contribution is 0.131. The van der Waals surface area contributed by atoms with E-state index < -0.39 is 0 Å². The normalized spacial score (nSPS) is 14.8. The first-order chi connectivity index (χ1) is 8.49. The first kappa shape index (κ1) is 15.1. The van der Waals surface area contributed by atoms with Crippen molar-refractivity contribution in [3.8, 4) is 5.75 Å². The van der Waals surface area contributed by atoms with E-state index in [4.69, 9.17) is 4.74 Å². The predicted molar refractivity (Wildman–Crippen MR) is 79.5 cm³/mol. The van der Waals surface area contributed by atoms with Gasteiger partial charge in [0, 0.05) is 0 Å². The molecule has 18 heavy (non-hydrogen) atoms. The third-order valence-electron chi connectivity index (χ3n) is 2.94. The van der Waals surface area contributed by atoms with Gasteiger partial charge in [-0.25, -0.2) is 0 Å². The van der Waals surface area contributed by atoms with Crippen LogP contribution in [0.5, 0.6) is 5.75 Å². The van der Waals surface area contributed by atoms with Crippen LogP contribution in [0, 0.1) is 0 Å². The molecule has 1 aromatic carbocycles. The van der Waals surface area contributed by atoms with Crippen molar-refractivity contribution < 1.29 is 4.74 Å². The van der Waals surface area contributed by atoms with Crippen molar-refractivity contribution in [2.75, 3.05) is 0 Å². The molecule has 2 rings (SSSR count). The van der Waals surface area contributed by atoms with Gasteiger partial charge >= 0.3 is 0 Å². The Labute approximate surface area is 113 Å². The van der Waals surface area contributed by atoms with Gasteiger partial charge in [-0.1, -0.05) is 26.8 Å². The van der Waals surface area contributed by atoms with E-state index in [1.54, 1.807) is 0 Å². The standard InChI is InChI=1S/C15H22O.C2H6/c1-5-11-8-9-13(16-15(2,3)4)10-14(11)12-6-7-12;1-2/h8-10,12H,5-7H2,1-4H3;1-2H3. The zero-order chi connectivity index (χ0) is 13.8.